The molecular weight excluding hydrogens is 871 g/mol. The number of phenols is 1. The van der Waals surface area contributed by atoms with Crippen LogP contribution in [-0.4, -0.2) is 94.1 Å². The number of pyridine rings is 1. The van der Waals surface area contributed by atoms with E-state index in [1.165, 1.54) is 23.3 Å². The predicted octanol–water partition coefficient (Wildman–Crippen LogP) is 8.25. The maximum Gasteiger partial charge on any atom is 0.411 e. The molecule has 0 spiro atoms. The number of unbranched alkanes of at least 4 members (excludes halogenated alkanes) is 2. The summed E-state index contributed by atoms with van der Waals surface area (Å²) in [6.07, 6.45) is 3.80. The Bertz CT molecular complexity index is 2570. The van der Waals surface area contributed by atoms with Gasteiger partial charge < -0.3 is 35.1 Å². The summed E-state index contributed by atoms with van der Waals surface area (Å²) in [4.78, 5) is 47.2. The van der Waals surface area contributed by atoms with Gasteiger partial charge in [-0.15, -0.1) is 0 Å². The van der Waals surface area contributed by atoms with E-state index in [4.69, 9.17) is 9.47 Å². The summed E-state index contributed by atoms with van der Waals surface area (Å²) >= 11 is 0. The summed E-state index contributed by atoms with van der Waals surface area (Å²) < 4.78 is 12.2. The lowest BCUT2D eigenvalue weighted by molar-refractivity contribution is -0.177. The third-order valence-electron chi connectivity index (χ3n) is 13.8. The number of piperidine rings is 2. The Kier molecular flexibility index (Phi) is 16.9. The predicted molar refractivity (Wildman–Crippen MR) is 268 cm³/mol. The molecule has 8 rings (SSSR count). The molecule has 0 bridgehead atoms. The van der Waals surface area contributed by atoms with Gasteiger partial charge in [0.1, 0.15) is 11.9 Å². The Balaban J connectivity index is 0.869. The molecule has 69 heavy (non-hydrogen) atoms. The van der Waals surface area contributed by atoms with Crippen molar-refractivity contribution in [3.8, 4) is 5.75 Å². The summed E-state index contributed by atoms with van der Waals surface area (Å²) in [7, 11) is 0. The van der Waals surface area contributed by atoms with Crippen LogP contribution in [0.25, 0.3) is 10.9 Å². The van der Waals surface area contributed by atoms with Crippen LogP contribution in [0.4, 0.5) is 10.5 Å². The van der Waals surface area contributed by atoms with Crippen molar-refractivity contribution in [1.82, 2.24) is 20.1 Å². The normalized spacial score (nSPS) is 16.5. The number of benzene rings is 5. The molecule has 2 aliphatic heterocycles. The summed E-state index contributed by atoms with van der Waals surface area (Å²) in [5.41, 5.74) is 1.96. The number of hydrogen-bond acceptors (Lipinski definition) is 11. The third kappa shape index (κ3) is 12.9. The number of anilines is 1. The lowest BCUT2D eigenvalue weighted by Crippen LogP contribution is -2.48. The number of likely N-dealkylation sites (tertiary alicyclic amines) is 2. The second-order valence-electron chi connectivity index (χ2n) is 18.6. The minimum atomic E-state index is -2.16. The number of aromatic nitrogens is 1. The smallest absolute Gasteiger partial charge is 0.411 e. The second kappa shape index (κ2) is 23.8. The monoisotopic (exact) mass is 935 g/mol. The number of amides is 1. The van der Waals surface area contributed by atoms with Crippen LogP contribution in [0, 0.1) is 11.8 Å². The quantitative estimate of drug-likeness (QED) is 0.0321. The van der Waals surface area contributed by atoms with Crippen LogP contribution in [-0.2, 0) is 33.0 Å². The molecule has 13 heteroatoms. The lowest BCUT2D eigenvalue weighted by Gasteiger charge is -2.43. The minimum absolute atomic E-state index is 0.0598. The van der Waals surface area contributed by atoms with Gasteiger partial charge >= 0.3 is 12.1 Å². The summed E-state index contributed by atoms with van der Waals surface area (Å²) in [6.45, 7) is 6.40. The maximum atomic E-state index is 14.9. The van der Waals surface area contributed by atoms with Gasteiger partial charge in [0, 0.05) is 42.3 Å². The van der Waals surface area contributed by atoms with Gasteiger partial charge in [0.05, 0.1) is 18.2 Å². The maximum absolute atomic E-state index is 14.9. The van der Waals surface area contributed by atoms with Gasteiger partial charge in [-0.1, -0.05) is 109 Å². The first kappa shape index (κ1) is 49.1. The molecule has 2 aliphatic rings. The minimum Gasteiger partial charge on any atom is -0.506 e. The number of aromatic amines is 1. The van der Waals surface area contributed by atoms with E-state index in [1.807, 2.05) is 18.2 Å². The molecule has 0 radical (unpaired) electrons. The van der Waals surface area contributed by atoms with Crippen LogP contribution >= 0.6 is 0 Å². The number of ether oxygens (including phenoxy) is 2. The first-order chi connectivity index (χ1) is 33.6. The van der Waals surface area contributed by atoms with Crippen molar-refractivity contribution in [2.45, 2.75) is 75.8 Å². The van der Waals surface area contributed by atoms with Gasteiger partial charge in [-0.25, -0.2) is 9.59 Å². The highest BCUT2D eigenvalue weighted by atomic mass is 16.6. The molecule has 2 fully saturated rings. The van der Waals surface area contributed by atoms with Crippen LogP contribution in [0.5, 0.6) is 5.75 Å². The number of nitrogens with one attached hydrogen (secondary N) is 3. The average Bonchev–Trinajstić information content (AvgIpc) is 3.38. The zero-order valence-corrected chi connectivity index (χ0v) is 39.2. The van der Waals surface area contributed by atoms with Crippen molar-refractivity contribution in [3.63, 3.8) is 0 Å². The van der Waals surface area contributed by atoms with Crippen LogP contribution in [0.15, 0.2) is 144 Å². The number of carbonyl (C=O) groups is 2. The highest BCUT2D eigenvalue weighted by Crippen LogP contribution is 2.38. The van der Waals surface area contributed by atoms with E-state index >= 15 is 0 Å². The molecular formula is C56H65N5O8. The number of aliphatic hydroxyl groups is 2. The molecule has 6 N–H and O–H groups in total. The topological polar surface area (TPSA) is 177 Å². The zero-order valence-electron chi connectivity index (χ0n) is 39.2. The average molecular weight is 936 g/mol. The molecule has 0 saturated carbocycles. The fourth-order valence-corrected chi connectivity index (χ4v) is 10.00. The highest BCUT2D eigenvalue weighted by Gasteiger charge is 2.46. The van der Waals surface area contributed by atoms with E-state index < -0.39 is 23.8 Å². The van der Waals surface area contributed by atoms with Crippen LogP contribution in [0.3, 0.4) is 0 Å². The van der Waals surface area contributed by atoms with Gasteiger partial charge in [-0.2, -0.15) is 0 Å². The Morgan fingerprint density at radius 3 is 1.93 bits per heavy atom. The van der Waals surface area contributed by atoms with Gasteiger partial charge in [0.25, 0.3) is 0 Å². The molecule has 1 aromatic heterocycles. The second-order valence-corrected chi connectivity index (χ2v) is 18.6. The van der Waals surface area contributed by atoms with Gasteiger partial charge in [-0.3, -0.25) is 19.9 Å². The molecule has 13 nitrogen and oxygen atoms in total. The van der Waals surface area contributed by atoms with E-state index in [1.54, 1.807) is 60.7 Å². The summed E-state index contributed by atoms with van der Waals surface area (Å²) in [5, 5.41) is 40.4. The number of fused-ring (bicyclic) bond motifs is 1. The highest BCUT2D eigenvalue weighted by molar-refractivity contribution is 5.89. The number of phenolic OH excluding ortho intramolecular Hbond substituents is 1. The van der Waals surface area contributed by atoms with Crippen molar-refractivity contribution < 1.29 is 34.4 Å². The van der Waals surface area contributed by atoms with Crippen molar-refractivity contribution in [2.75, 3.05) is 51.2 Å². The van der Waals surface area contributed by atoms with Gasteiger partial charge in [-0.05, 0) is 136 Å². The Morgan fingerprint density at radius 1 is 0.710 bits per heavy atom. The van der Waals surface area contributed by atoms with Gasteiger partial charge in [0.15, 0.2) is 0 Å². The van der Waals surface area contributed by atoms with Crippen LogP contribution in [0.2, 0.25) is 0 Å². The summed E-state index contributed by atoms with van der Waals surface area (Å²) in [6, 6.07) is 42.6. The number of esters is 1. The fraction of sp³-hybridized carbons (Fsp3) is 0.375. The number of carbonyl (C=O) groups excluding carboxylic acids is 2. The van der Waals surface area contributed by atoms with Crippen molar-refractivity contribution in [1.29, 1.82) is 0 Å². The zero-order chi connectivity index (χ0) is 48.0. The molecule has 6 aromatic rings. The standard InChI is InChI=1S/C56H65N5O8/c62-49-24-22-47(48-23-25-51(64)59-52(48)49)50(63)37-57-30-11-4-12-35-68-55(66)58-46-21-13-20-45(36-46)56(67,44-18-9-3-10-19-44)54(65)69-53(42-26-31-60(32-27-42)38-40-14-5-1-6-15-40)43-28-33-61(34-29-43)39-41-16-7-2-8-17-41/h1-3,5-10,13-25,36,42-43,50,53,57,62-63,67H,4,11-12,26-35,37-39H2,(H,58,66)(H,59,64)/t50-,56?/m0/s1. The van der Waals surface area contributed by atoms with Gasteiger partial charge in [0.2, 0.25) is 11.2 Å². The fourth-order valence-electron chi connectivity index (χ4n) is 10.00. The van der Waals surface area contributed by atoms with Crippen molar-refractivity contribution in [2.24, 2.45) is 11.8 Å². The van der Waals surface area contributed by atoms with E-state index in [2.05, 4.69) is 73.9 Å². The Morgan fingerprint density at radius 2 is 1.30 bits per heavy atom. The number of aromatic hydroxyl groups is 1. The van der Waals surface area contributed by atoms with Crippen LogP contribution in [0.1, 0.15) is 78.9 Å². The summed E-state index contributed by atoms with van der Waals surface area (Å²) in [5.74, 6) is -0.528. The molecule has 362 valence electrons. The molecule has 0 aliphatic carbocycles. The SMILES string of the molecule is O=C(Nc1cccc(C(O)(C(=O)OC(C2CCN(Cc3ccccc3)CC2)C2CCN(Cc3ccccc3)CC2)c2ccccc2)c1)OCCCCCNC[C@H](O)c1ccc(O)c2[nH]c(=O)ccc12. The van der Waals surface area contributed by atoms with E-state index in [9.17, 15) is 29.7 Å². The third-order valence-corrected chi connectivity index (χ3v) is 13.8. The van der Waals surface area contributed by atoms with Crippen molar-refractivity contribution >= 4 is 28.7 Å². The number of nitrogens with zero attached hydrogens (tertiary/aromatic N) is 2. The number of hydrogen-bond donors (Lipinski definition) is 6. The molecule has 1 amide bonds. The lowest BCUT2D eigenvalue weighted by atomic mass is 9.79. The molecule has 5 aromatic carbocycles. The number of aliphatic hydroxyl groups excluding tert-OH is 1. The Labute approximate surface area is 404 Å². The largest absolute Gasteiger partial charge is 0.506 e. The van der Waals surface area contributed by atoms with E-state index in [0.717, 1.165) is 77.8 Å². The number of rotatable bonds is 20. The molecule has 2 atom stereocenters. The van der Waals surface area contributed by atoms with Crippen LogP contribution < -0.4 is 16.2 Å². The molecule has 1 unspecified atom stereocenters. The van der Waals surface area contributed by atoms with E-state index in [-0.39, 0.29) is 53.5 Å². The van der Waals surface area contributed by atoms with E-state index in [0.29, 0.717) is 35.2 Å². The van der Waals surface area contributed by atoms with Crippen molar-refractivity contribution in [3.05, 3.63) is 178 Å². The molecule has 3 heterocycles. The first-order valence-corrected chi connectivity index (χ1v) is 24.4. The Hall–Kier alpha value is -6.35. The number of H-pyrrole nitrogens is 1. The molecule has 2 saturated heterocycles. The first-order valence-electron chi connectivity index (χ1n) is 24.4.